The van der Waals surface area contributed by atoms with Crippen LogP contribution in [0.2, 0.25) is 0 Å². The third-order valence-electron chi connectivity index (χ3n) is 6.51. The maximum absolute atomic E-state index is 13.2. The topological polar surface area (TPSA) is 99.6 Å². The van der Waals surface area contributed by atoms with Crippen LogP contribution in [0.3, 0.4) is 0 Å². The molecule has 1 saturated heterocycles. The van der Waals surface area contributed by atoms with Crippen molar-refractivity contribution in [3.05, 3.63) is 40.7 Å². The lowest BCUT2D eigenvalue weighted by Crippen LogP contribution is -2.62. The summed E-state index contributed by atoms with van der Waals surface area (Å²) in [7, 11) is -0.436. The second-order valence-corrected chi connectivity index (χ2v) is 10.4. The average molecular weight is 445 g/mol. The van der Waals surface area contributed by atoms with Gasteiger partial charge in [-0.15, -0.1) is 0 Å². The molecule has 31 heavy (non-hydrogen) atoms. The van der Waals surface area contributed by atoms with Gasteiger partial charge in [-0.05, 0) is 67.8 Å². The zero-order valence-corrected chi connectivity index (χ0v) is 18.7. The minimum Gasteiger partial charge on any atom is -0.307 e. The molecule has 166 valence electrons. The number of hydrogen-bond acceptors (Lipinski definition) is 5. The fourth-order valence-electron chi connectivity index (χ4n) is 5.15. The first kappa shape index (κ1) is 20.3. The van der Waals surface area contributed by atoms with Gasteiger partial charge in [-0.2, -0.15) is 13.5 Å². The molecule has 2 heterocycles. The van der Waals surface area contributed by atoms with Crippen molar-refractivity contribution in [3.63, 3.8) is 0 Å². The highest BCUT2D eigenvalue weighted by Gasteiger charge is 2.38. The number of carbonyl (C=O) groups excluding carboxylic acids is 1. The maximum atomic E-state index is 13.2. The molecule has 3 aliphatic rings. The average Bonchev–Trinajstić information content (AvgIpc) is 3.40. The van der Waals surface area contributed by atoms with Gasteiger partial charge in [0, 0.05) is 32.0 Å². The molecule has 1 aromatic carbocycles. The van der Waals surface area contributed by atoms with E-state index in [-0.39, 0.29) is 6.04 Å². The third kappa shape index (κ3) is 3.67. The van der Waals surface area contributed by atoms with Crippen LogP contribution in [0.1, 0.15) is 35.1 Å². The van der Waals surface area contributed by atoms with Gasteiger partial charge in [-0.25, -0.2) is 13.8 Å². The number of aromatic nitrogens is 2. The molecular weight excluding hydrogens is 416 g/mol. The molecule has 2 aromatic rings. The van der Waals surface area contributed by atoms with Crippen LogP contribution in [-0.2, 0) is 42.9 Å². The number of urea groups is 1. The number of aryl methyl sites for hydroxylation is 3. The number of carbonyl (C=O) groups is 1. The number of rotatable bonds is 5. The molecule has 2 amide bonds. The summed E-state index contributed by atoms with van der Waals surface area (Å²) in [6.45, 7) is 1.19. The van der Waals surface area contributed by atoms with E-state index in [1.165, 1.54) is 21.6 Å². The number of fused-ring (bicyclic) bond motifs is 2. The Hall–Kier alpha value is -2.59. The van der Waals surface area contributed by atoms with Gasteiger partial charge in [0.1, 0.15) is 0 Å². The Kier molecular flexibility index (Phi) is 4.93. The third-order valence-corrected chi connectivity index (χ3v) is 7.98. The smallest absolute Gasteiger partial charge is 0.307 e. The Morgan fingerprint density at radius 2 is 1.74 bits per heavy atom. The number of amides is 2. The quantitative estimate of drug-likeness (QED) is 0.730. The van der Waals surface area contributed by atoms with E-state index >= 15 is 0 Å². The predicted octanol–water partition coefficient (Wildman–Crippen LogP) is 1.58. The molecule has 10 heteroatoms. The van der Waals surface area contributed by atoms with E-state index in [0.717, 1.165) is 55.3 Å². The van der Waals surface area contributed by atoms with Crippen molar-refractivity contribution in [1.82, 2.24) is 19.4 Å². The molecule has 1 aromatic heterocycles. The molecule has 0 radical (unpaired) electrons. The van der Waals surface area contributed by atoms with Crippen LogP contribution in [-0.4, -0.2) is 55.3 Å². The van der Waals surface area contributed by atoms with E-state index in [2.05, 4.69) is 21.2 Å². The standard InChI is InChI=1S/C21H28N6O3S/c1-25-11-17(12-25)27(16-10-22-26(2)13-16)31(29,30)24-21(28)23-20-18-7-3-5-14(18)9-15-6-4-8-19(15)20/h9-10,13,17H,3-8,11-12H2,1-2H3,(H2,23,24,28). The lowest BCUT2D eigenvalue weighted by Gasteiger charge is -2.42. The molecule has 0 saturated carbocycles. The van der Waals surface area contributed by atoms with E-state index in [1.807, 2.05) is 11.9 Å². The van der Waals surface area contributed by atoms with Gasteiger partial charge in [-0.3, -0.25) is 4.68 Å². The van der Waals surface area contributed by atoms with Crippen molar-refractivity contribution in [3.8, 4) is 0 Å². The lowest BCUT2D eigenvalue weighted by atomic mass is 9.99. The SMILES string of the molecule is CN1CC(N(c2cnn(C)c2)S(=O)(=O)NC(=O)Nc2c3c(cc4c2CCC4)CCC3)C1. The minimum absolute atomic E-state index is 0.246. The number of nitrogens with zero attached hydrogens (tertiary/aromatic N) is 4. The van der Waals surface area contributed by atoms with Crippen LogP contribution in [0.15, 0.2) is 18.5 Å². The second kappa shape index (κ2) is 7.52. The molecule has 1 fully saturated rings. The number of likely N-dealkylation sites (N-methyl/N-ethyl adjacent to an activating group) is 1. The zero-order valence-electron chi connectivity index (χ0n) is 17.9. The van der Waals surface area contributed by atoms with E-state index < -0.39 is 16.2 Å². The van der Waals surface area contributed by atoms with E-state index in [0.29, 0.717) is 18.8 Å². The molecular formula is C21H28N6O3S. The summed E-state index contributed by atoms with van der Waals surface area (Å²) in [6.07, 6.45) is 9.15. The normalized spacial score (nSPS) is 18.4. The van der Waals surface area contributed by atoms with Crippen molar-refractivity contribution in [2.75, 3.05) is 29.8 Å². The summed E-state index contributed by atoms with van der Waals surface area (Å²) in [5.41, 5.74) is 6.17. The molecule has 0 atom stereocenters. The largest absolute Gasteiger partial charge is 0.334 e. The molecule has 2 N–H and O–H groups in total. The molecule has 0 bridgehead atoms. The first-order valence-electron chi connectivity index (χ1n) is 10.8. The Labute approximate surface area is 182 Å². The number of benzene rings is 1. The van der Waals surface area contributed by atoms with Crippen molar-refractivity contribution < 1.29 is 13.2 Å². The number of nitrogens with one attached hydrogen (secondary N) is 2. The predicted molar refractivity (Wildman–Crippen MR) is 119 cm³/mol. The zero-order chi connectivity index (χ0) is 21.8. The number of hydrogen-bond donors (Lipinski definition) is 2. The van der Waals surface area contributed by atoms with E-state index in [9.17, 15) is 13.2 Å². The first-order chi connectivity index (χ1) is 14.8. The number of likely N-dealkylation sites (tertiary alicyclic amines) is 1. The van der Waals surface area contributed by atoms with Gasteiger partial charge in [0.15, 0.2) is 0 Å². The fourth-order valence-corrected chi connectivity index (χ4v) is 6.44. The van der Waals surface area contributed by atoms with Crippen LogP contribution in [0.4, 0.5) is 16.2 Å². The van der Waals surface area contributed by atoms with Crippen molar-refractivity contribution in [2.24, 2.45) is 7.05 Å². The Morgan fingerprint density at radius 1 is 1.10 bits per heavy atom. The van der Waals surface area contributed by atoms with Gasteiger partial charge in [0.05, 0.1) is 17.9 Å². The molecule has 0 spiro atoms. The summed E-state index contributed by atoms with van der Waals surface area (Å²) < 4.78 is 31.6. The van der Waals surface area contributed by atoms with Crippen LogP contribution in [0.25, 0.3) is 0 Å². The first-order valence-corrected chi connectivity index (χ1v) is 12.2. The monoisotopic (exact) mass is 444 g/mol. The molecule has 9 nitrogen and oxygen atoms in total. The summed E-state index contributed by atoms with van der Waals surface area (Å²) >= 11 is 0. The van der Waals surface area contributed by atoms with Crippen molar-refractivity contribution >= 4 is 27.6 Å². The van der Waals surface area contributed by atoms with Crippen molar-refractivity contribution in [2.45, 2.75) is 44.6 Å². The summed E-state index contributed by atoms with van der Waals surface area (Å²) in [6, 6.07) is 1.32. The van der Waals surface area contributed by atoms with E-state index in [1.54, 1.807) is 17.9 Å². The van der Waals surface area contributed by atoms with Crippen LogP contribution in [0, 0.1) is 0 Å². The van der Waals surface area contributed by atoms with Crippen molar-refractivity contribution in [1.29, 1.82) is 0 Å². The Balaban J connectivity index is 1.40. The Morgan fingerprint density at radius 3 is 2.29 bits per heavy atom. The van der Waals surface area contributed by atoms with Gasteiger partial charge < -0.3 is 10.2 Å². The Bertz CT molecular complexity index is 1100. The molecule has 0 unspecified atom stereocenters. The number of anilines is 2. The second-order valence-electron chi connectivity index (χ2n) is 8.84. The molecule has 2 aliphatic carbocycles. The highest BCUT2D eigenvalue weighted by Crippen LogP contribution is 2.38. The maximum Gasteiger partial charge on any atom is 0.334 e. The fraction of sp³-hybridized carbons (Fsp3) is 0.524. The van der Waals surface area contributed by atoms with Gasteiger partial charge >= 0.3 is 16.2 Å². The van der Waals surface area contributed by atoms with E-state index in [4.69, 9.17) is 0 Å². The van der Waals surface area contributed by atoms with Gasteiger partial charge in [0.25, 0.3) is 0 Å². The van der Waals surface area contributed by atoms with Crippen LogP contribution in [0.5, 0.6) is 0 Å². The van der Waals surface area contributed by atoms with Crippen LogP contribution >= 0.6 is 0 Å². The minimum atomic E-state index is -4.10. The lowest BCUT2D eigenvalue weighted by molar-refractivity contribution is 0.194. The summed E-state index contributed by atoms with van der Waals surface area (Å²) in [5, 5.41) is 7.01. The molecule has 1 aliphatic heterocycles. The summed E-state index contributed by atoms with van der Waals surface area (Å²) in [5.74, 6) is 0. The molecule has 5 rings (SSSR count). The highest BCUT2D eigenvalue weighted by atomic mass is 32.2. The van der Waals surface area contributed by atoms with Crippen LogP contribution < -0.4 is 14.3 Å². The summed E-state index contributed by atoms with van der Waals surface area (Å²) in [4.78, 5) is 14.9. The highest BCUT2D eigenvalue weighted by molar-refractivity contribution is 7.91. The van der Waals surface area contributed by atoms with Gasteiger partial charge in [0.2, 0.25) is 0 Å². The van der Waals surface area contributed by atoms with Gasteiger partial charge in [-0.1, -0.05) is 6.07 Å².